The minimum atomic E-state index is -0.125. The fourth-order valence-corrected chi connectivity index (χ4v) is 0.844. The molecule has 6 heteroatoms. The molecule has 1 unspecified atom stereocenters. The van der Waals surface area contributed by atoms with Crippen LogP contribution >= 0.6 is 0 Å². The molecule has 1 saturated heterocycles. The van der Waals surface area contributed by atoms with E-state index in [1.807, 2.05) is 0 Å². The third-order valence-electron chi connectivity index (χ3n) is 1.57. The number of cyclic esters (lactones) is 1. The van der Waals surface area contributed by atoms with Crippen LogP contribution in [0.4, 0.5) is 0 Å². The molecule has 1 rings (SSSR count). The first kappa shape index (κ1) is 15.8. The Balaban J connectivity index is 0. The Morgan fingerprint density at radius 3 is 2.43 bits per heavy atom. The van der Waals surface area contributed by atoms with E-state index in [1.54, 1.807) is 0 Å². The third kappa shape index (κ3) is 9.40. The summed E-state index contributed by atoms with van der Waals surface area (Å²) in [5.74, 6) is -0.108. The Labute approximate surface area is 83.6 Å². The molecule has 1 heterocycles. The van der Waals surface area contributed by atoms with Gasteiger partial charge in [0.1, 0.15) is 0 Å². The van der Waals surface area contributed by atoms with Gasteiger partial charge in [0, 0.05) is 12.5 Å². The van der Waals surface area contributed by atoms with Crippen LogP contribution in [0, 0.1) is 0 Å². The normalized spacial score (nSPS) is 20.8. The Bertz CT molecular complexity index is 141. The molecule has 1 atom stereocenters. The van der Waals surface area contributed by atoms with Crippen LogP contribution in [-0.2, 0) is 9.53 Å². The van der Waals surface area contributed by atoms with E-state index < -0.39 is 0 Å². The zero-order valence-corrected chi connectivity index (χ0v) is 8.32. The Hall–Kier alpha value is -0.690. The molecule has 0 aliphatic carbocycles. The van der Waals surface area contributed by atoms with Crippen molar-refractivity contribution >= 4 is 5.97 Å². The van der Waals surface area contributed by atoms with Gasteiger partial charge in [-0.05, 0) is 12.8 Å². The van der Waals surface area contributed by atoms with Gasteiger partial charge in [0.15, 0.2) is 0 Å². The molecule has 0 aromatic carbocycles. The van der Waals surface area contributed by atoms with Crippen LogP contribution in [0.3, 0.4) is 0 Å². The summed E-state index contributed by atoms with van der Waals surface area (Å²) in [4.78, 5) is 10.6. The molecule has 7 N–H and O–H groups in total. The lowest BCUT2D eigenvalue weighted by Gasteiger charge is -2.01. The molecule has 0 spiro atoms. The summed E-state index contributed by atoms with van der Waals surface area (Å²) >= 11 is 0. The Kier molecular flexibility index (Phi) is 11.7. The SMILES string of the molecule is N.NC1CCOC(=O)CC1.OCCO. The van der Waals surface area contributed by atoms with Crippen molar-refractivity contribution in [1.29, 1.82) is 0 Å². The van der Waals surface area contributed by atoms with E-state index in [0.29, 0.717) is 13.0 Å². The van der Waals surface area contributed by atoms with Crippen molar-refractivity contribution in [3.05, 3.63) is 0 Å². The standard InChI is InChI=1S/C6H11NO2.C2H6O2.H3N/c7-5-1-2-6(8)9-4-3-5;3-1-2-4;/h5H,1-4,7H2;3-4H,1-2H2;1H3. The minimum absolute atomic E-state index is 0. The Morgan fingerprint density at radius 1 is 1.36 bits per heavy atom. The molecule has 0 radical (unpaired) electrons. The average molecular weight is 208 g/mol. The average Bonchev–Trinajstić information content (AvgIpc) is 2.32. The monoisotopic (exact) mass is 208 g/mol. The van der Waals surface area contributed by atoms with Gasteiger partial charge in [-0.15, -0.1) is 0 Å². The number of aliphatic hydroxyl groups is 2. The van der Waals surface area contributed by atoms with Gasteiger partial charge in [-0.2, -0.15) is 0 Å². The van der Waals surface area contributed by atoms with E-state index in [1.165, 1.54) is 0 Å². The number of hydrogen-bond donors (Lipinski definition) is 4. The van der Waals surface area contributed by atoms with Crippen molar-refractivity contribution in [2.45, 2.75) is 25.3 Å². The van der Waals surface area contributed by atoms with E-state index in [4.69, 9.17) is 20.7 Å². The molecule has 1 aliphatic rings. The van der Waals surface area contributed by atoms with Crippen molar-refractivity contribution in [3.8, 4) is 0 Å². The van der Waals surface area contributed by atoms with Crippen LogP contribution in [0.1, 0.15) is 19.3 Å². The summed E-state index contributed by atoms with van der Waals surface area (Å²) in [6.07, 6.45) is 2.08. The lowest BCUT2D eigenvalue weighted by molar-refractivity contribution is -0.142. The number of rotatable bonds is 1. The zero-order chi connectivity index (χ0) is 10.1. The molecule has 0 aromatic heterocycles. The highest BCUT2D eigenvalue weighted by atomic mass is 16.5. The predicted molar refractivity (Wildman–Crippen MR) is 52.0 cm³/mol. The second-order valence-corrected chi connectivity index (χ2v) is 2.76. The van der Waals surface area contributed by atoms with Crippen molar-refractivity contribution in [3.63, 3.8) is 0 Å². The summed E-state index contributed by atoms with van der Waals surface area (Å²) in [5.41, 5.74) is 5.56. The maximum atomic E-state index is 10.6. The summed E-state index contributed by atoms with van der Waals surface area (Å²) in [7, 11) is 0. The predicted octanol–water partition coefficient (Wildman–Crippen LogP) is -0.826. The van der Waals surface area contributed by atoms with Gasteiger partial charge in [0.2, 0.25) is 0 Å². The van der Waals surface area contributed by atoms with Gasteiger partial charge in [0.25, 0.3) is 0 Å². The number of nitrogens with two attached hydrogens (primary N) is 1. The minimum Gasteiger partial charge on any atom is -0.466 e. The zero-order valence-electron chi connectivity index (χ0n) is 8.32. The van der Waals surface area contributed by atoms with Gasteiger partial charge < -0.3 is 26.8 Å². The van der Waals surface area contributed by atoms with Crippen molar-refractivity contribution in [2.24, 2.45) is 5.73 Å². The van der Waals surface area contributed by atoms with Crippen molar-refractivity contribution in [1.82, 2.24) is 6.15 Å². The van der Waals surface area contributed by atoms with Crippen LogP contribution in [0.15, 0.2) is 0 Å². The maximum absolute atomic E-state index is 10.6. The molecule has 0 amide bonds. The molecular weight excluding hydrogens is 188 g/mol. The second kappa shape index (κ2) is 10.4. The van der Waals surface area contributed by atoms with E-state index in [2.05, 4.69) is 0 Å². The van der Waals surface area contributed by atoms with E-state index >= 15 is 0 Å². The van der Waals surface area contributed by atoms with Crippen molar-refractivity contribution < 1.29 is 19.7 Å². The van der Waals surface area contributed by atoms with Gasteiger partial charge >= 0.3 is 5.97 Å². The first-order valence-electron chi connectivity index (χ1n) is 4.33. The van der Waals surface area contributed by atoms with Gasteiger partial charge in [-0.25, -0.2) is 0 Å². The summed E-state index contributed by atoms with van der Waals surface area (Å²) in [5, 5.41) is 15.2. The fraction of sp³-hybridized carbons (Fsp3) is 0.875. The van der Waals surface area contributed by atoms with E-state index in [0.717, 1.165) is 12.8 Å². The summed E-state index contributed by atoms with van der Waals surface area (Å²) < 4.78 is 4.75. The number of ether oxygens (including phenoxy) is 1. The Morgan fingerprint density at radius 2 is 1.93 bits per heavy atom. The highest BCUT2D eigenvalue weighted by Crippen LogP contribution is 2.05. The highest BCUT2D eigenvalue weighted by molar-refractivity contribution is 5.69. The van der Waals surface area contributed by atoms with Crippen LogP contribution in [0.5, 0.6) is 0 Å². The number of carbonyl (C=O) groups is 1. The second-order valence-electron chi connectivity index (χ2n) is 2.76. The van der Waals surface area contributed by atoms with Gasteiger partial charge in [0.05, 0.1) is 19.8 Å². The number of hydrogen-bond acceptors (Lipinski definition) is 6. The lowest BCUT2D eigenvalue weighted by atomic mass is 10.1. The number of aliphatic hydroxyl groups excluding tert-OH is 2. The fourth-order valence-electron chi connectivity index (χ4n) is 0.844. The van der Waals surface area contributed by atoms with Crippen molar-refractivity contribution in [2.75, 3.05) is 19.8 Å². The first-order valence-corrected chi connectivity index (χ1v) is 4.33. The van der Waals surface area contributed by atoms with Gasteiger partial charge in [-0.1, -0.05) is 0 Å². The topological polar surface area (TPSA) is 128 Å². The van der Waals surface area contributed by atoms with E-state index in [-0.39, 0.29) is 31.4 Å². The number of esters is 1. The smallest absolute Gasteiger partial charge is 0.305 e. The molecule has 0 saturated carbocycles. The summed E-state index contributed by atoms with van der Waals surface area (Å²) in [6, 6.07) is 0.163. The molecule has 1 aliphatic heterocycles. The van der Waals surface area contributed by atoms with Crippen LogP contribution < -0.4 is 11.9 Å². The van der Waals surface area contributed by atoms with Gasteiger partial charge in [-0.3, -0.25) is 4.79 Å². The third-order valence-corrected chi connectivity index (χ3v) is 1.57. The molecule has 1 fully saturated rings. The van der Waals surface area contributed by atoms with Crippen LogP contribution in [-0.4, -0.2) is 42.0 Å². The molecule has 0 bridgehead atoms. The molecule has 86 valence electrons. The summed E-state index contributed by atoms with van der Waals surface area (Å²) in [6.45, 7) is 0.250. The lowest BCUT2D eigenvalue weighted by Crippen LogP contribution is -2.19. The van der Waals surface area contributed by atoms with Crippen LogP contribution in [0.25, 0.3) is 0 Å². The van der Waals surface area contributed by atoms with E-state index in [9.17, 15) is 4.79 Å². The maximum Gasteiger partial charge on any atom is 0.305 e. The first-order chi connectivity index (χ1) is 6.20. The molecule has 0 aromatic rings. The molecule has 6 nitrogen and oxygen atoms in total. The largest absolute Gasteiger partial charge is 0.466 e. The molecule has 14 heavy (non-hydrogen) atoms. The highest BCUT2D eigenvalue weighted by Gasteiger charge is 2.12. The quantitative estimate of drug-likeness (QED) is 0.416. The molecular formula is C8H20N2O4. The number of carbonyl (C=O) groups excluding carboxylic acids is 1. The van der Waals surface area contributed by atoms with Crippen LogP contribution in [0.2, 0.25) is 0 Å².